The summed E-state index contributed by atoms with van der Waals surface area (Å²) in [6.07, 6.45) is 1.92. The Morgan fingerprint density at radius 2 is 1.81 bits per heavy atom. The molecule has 0 aliphatic rings. The molecular formula is C14H23NO. The molecule has 90 valence electrons. The maximum atomic E-state index is 6.15. The molecule has 0 radical (unpaired) electrons. The first-order valence-electron chi connectivity index (χ1n) is 5.82. The van der Waals surface area contributed by atoms with Crippen molar-refractivity contribution in [2.45, 2.75) is 45.3 Å². The van der Waals surface area contributed by atoms with Gasteiger partial charge in [0.05, 0.1) is 5.60 Å². The summed E-state index contributed by atoms with van der Waals surface area (Å²) < 4.78 is 5.39. The Kier molecular flexibility index (Phi) is 4.51. The second-order valence-corrected chi connectivity index (χ2v) is 5.02. The predicted octanol–water partition coefficient (Wildman–Crippen LogP) is 3.20. The molecule has 0 amide bonds. The highest BCUT2D eigenvalue weighted by atomic mass is 16.5. The SMILES string of the molecule is COC(C)(C)CCC(N)c1ccc(C)cc1. The number of methoxy groups -OCH3 is 1. The van der Waals surface area contributed by atoms with Gasteiger partial charge in [-0.05, 0) is 39.2 Å². The average molecular weight is 221 g/mol. The molecule has 16 heavy (non-hydrogen) atoms. The van der Waals surface area contributed by atoms with E-state index in [1.54, 1.807) is 7.11 Å². The van der Waals surface area contributed by atoms with E-state index in [4.69, 9.17) is 10.5 Å². The van der Waals surface area contributed by atoms with Gasteiger partial charge in [0, 0.05) is 13.2 Å². The van der Waals surface area contributed by atoms with Crippen LogP contribution < -0.4 is 5.73 Å². The number of ether oxygens (including phenoxy) is 1. The van der Waals surface area contributed by atoms with Crippen LogP contribution in [0.2, 0.25) is 0 Å². The standard InChI is InChI=1S/C14H23NO/c1-11-5-7-12(8-6-11)13(15)9-10-14(2,3)16-4/h5-8,13H,9-10,15H2,1-4H3. The Hall–Kier alpha value is -0.860. The van der Waals surface area contributed by atoms with Crippen LogP contribution in [-0.4, -0.2) is 12.7 Å². The Balaban J connectivity index is 2.53. The molecule has 0 fully saturated rings. The van der Waals surface area contributed by atoms with Crippen LogP contribution >= 0.6 is 0 Å². The highest BCUT2D eigenvalue weighted by Crippen LogP contribution is 2.22. The third-order valence-electron chi connectivity index (χ3n) is 3.12. The van der Waals surface area contributed by atoms with Crippen molar-refractivity contribution >= 4 is 0 Å². The summed E-state index contributed by atoms with van der Waals surface area (Å²) in [5.41, 5.74) is 8.55. The second kappa shape index (κ2) is 5.46. The van der Waals surface area contributed by atoms with Crippen LogP contribution in [0.5, 0.6) is 0 Å². The minimum atomic E-state index is -0.0810. The third-order valence-corrected chi connectivity index (χ3v) is 3.12. The molecule has 2 N–H and O–H groups in total. The Labute approximate surface area is 98.8 Å². The predicted molar refractivity (Wildman–Crippen MR) is 68.4 cm³/mol. The van der Waals surface area contributed by atoms with Crippen molar-refractivity contribution in [2.75, 3.05) is 7.11 Å². The molecule has 0 bridgehead atoms. The zero-order chi connectivity index (χ0) is 12.2. The molecule has 1 aromatic carbocycles. The van der Waals surface area contributed by atoms with Gasteiger partial charge in [-0.2, -0.15) is 0 Å². The Morgan fingerprint density at radius 1 is 1.25 bits per heavy atom. The van der Waals surface area contributed by atoms with E-state index in [2.05, 4.69) is 45.0 Å². The van der Waals surface area contributed by atoms with Crippen LogP contribution in [0.1, 0.15) is 43.9 Å². The lowest BCUT2D eigenvalue weighted by molar-refractivity contribution is 0.0125. The fourth-order valence-electron chi connectivity index (χ4n) is 1.59. The fourth-order valence-corrected chi connectivity index (χ4v) is 1.59. The molecule has 1 rings (SSSR count). The Bertz CT molecular complexity index is 316. The summed E-state index contributed by atoms with van der Waals surface area (Å²) in [4.78, 5) is 0. The molecule has 0 spiro atoms. The number of benzene rings is 1. The number of rotatable bonds is 5. The largest absolute Gasteiger partial charge is 0.379 e. The lowest BCUT2D eigenvalue weighted by Gasteiger charge is -2.24. The van der Waals surface area contributed by atoms with Gasteiger partial charge in [-0.15, -0.1) is 0 Å². The van der Waals surface area contributed by atoms with E-state index < -0.39 is 0 Å². The van der Waals surface area contributed by atoms with Crippen molar-refractivity contribution in [2.24, 2.45) is 5.73 Å². The lowest BCUT2D eigenvalue weighted by atomic mass is 9.95. The van der Waals surface area contributed by atoms with E-state index >= 15 is 0 Å². The summed E-state index contributed by atoms with van der Waals surface area (Å²) >= 11 is 0. The highest BCUT2D eigenvalue weighted by Gasteiger charge is 2.18. The molecule has 0 aliphatic heterocycles. The first-order valence-corrected chi connectivity index (χ1v) is 5.82. The van der Waals surface area contributed by atoms with Crippen molar-refractivity contribution in [1.29, 1.82) is 0 Å². The van der Waals surface area contributed by atoms with Crippen molar-refractivity contribution < 1.29 is 4.74 Å². The molecule has 2 nitrogen and oxygen atoms in total. The molecule has 0 saturated carbocycles. The van der Waals surface area contributed by atoms with Crippen LogP contribution in [0.4, 0.5) is 0 Å². The van der Waals surface area contributed by atoms with E-state index in [-0.39, 0.29) is 11.6 Å². The number of nitrogens with two attached hydrogens (primary N) is 1. The van der Waals surface area contributed by atoms with Gasteiger partial charge >= 0.3 is 0 Å². The minimum Gasteiger partial charge on any atom is -0.379 e. The van der Waals surface area contributed by atoms with E-state index in [0.717, 1.165) is 12.8 Å². The summed E-state index contributed by atoms with van der Waals surface area (Å²) in [5.74, 6) is 0. The van der Waals surface area contributed by atoms with Crippen LogP contribution in [-0.2, 0) is 4.74 Å². The van der Waals surface area contributed by atoms with E-state index in [1.165, 1.54) is 11.1 Å². The topological polar surface area (TPSA) is 35.2 Å². The molecule has 1 unspecified atom stereocenters. The molecule has 0 aromatic heterocycles. The first kappa shape index (κ1) is 13.2. The molecule has 1 aromatic rings. The van der Waals surface area contributed by atoms with Crippen LogP contribution in [0.25, 0.3) is 0 Å². The van der Waals surface area contributed by atoms with Crippen LogP contribution in [0.15, 0.2) is 24.3 Å². The van der Waals surface area contributed by atoms with Crippen LogP contribution in [0, 0.1) is 6.92 Å². The summed E-state index contributed by atoms with van der Waals surface area (Å²) in [5, 5.41) is 0. The molecule has 2 heteroatoms. The lowest BCUT2D eigenvalue weighted by Crippen LogP contribution is -2.24. The quantitative estimate of drug-likeness (QED) is 0.828. The maximum Gasteiger partial charge on any atom is 0.0623 e. The number of hydrogen-bond donors (Lipinski definition) is 1. The van der Waals surface area contributed by atoms with Gasteiger partial charge in [0.25, 0.3) is 0 Å². The normalized spacial score (nSPS) is 13.8. The number of hydrogen-bond acceptors (Lipinski definition) is 2. The molecular weight excluding hydrogens is 198 g/mol. The van der Waals surface area contributed by atoms with Crippen molar-refractivity contribution in [1.82, 2.24) is 0 Å². The molecule has 0 aliphatic carbocycles. The van der Waals surface area contributed by atoms with Gasteiger partial charge in [-0.1, -0.05) is 29.8 Å². The van der Waals surface area contributed by atoms with Crippen molar-refractivity contribution in [3.05, 3.63) is 35.4 Å². The van der Waals surface area contributed by atoms with Crippen molar-refractivity contribution in [3.8, 4) is 0 Å². The number of aryl methyl sites for hydroxylation is 1. The monoisotopic (exact) mass is 221 g/mol. The smallest absolute Gasteiger partial charge is 0.0623 e. The van der Waals surface area contributed by atoms with Gasteiger partial charge < -0.3 is 10.5 Å². The fraction of sp³-hybridized carbons (Fsp3) is 0.571. The van der Waals surface area contributed by atoms with Gasteiger partial charge in [-0.3, -0.25) is 0 Å². The molecule has 0 saturated heterocycles. The second-order valence-electron chi connectivity index (χ2n) is 5.02. The van der Waals surface area contributed by atoms with Gasteiger partial charge in [0.2, 0.25) is 0 Å². The third kappa shape index (κ3) is 3.95. The highest BCUT2D eigenvalue weighted by molar-refractivity contribution is 5.23. The van der Waals surface area contributed by atoms with Crippen molar-refractivity contribution in [3.63, 3.8) is 0 Å². The first-order chi connectivity index (χ1) is 7.44. The minimum absolute atomic E-state index is 0.0810. The van der Waals surface area contributed by atoms with Gasteiger partial charge in [0.15, 0.2) is 0 Å². The zero-order valence-corrected chi connectivity index (χ0v) is 10.8. The summed E-state index contributed by atoms with van der Waals surface area (Å²) in [6.45, 7) is 6.27. The van der Waals surface area contributed by atoms with Gasteiger partial charge in [0.1, 0.15) is 0 Å². The maximum absolute atomic E-state index is 6.15. The van der Waals surface area contributed by atoms with Crippen LogP contribution in [0.3, 0.4) is 0 Å². The van der Waals surface area contributed by atoms with Gasteiger partial charge in [-0.25, -0.2) is 0 Å². The Morgan fingerprint density at radius 3 is 2.31 bits per heavy atom. The van der Waals surface area contributed by atoms with E-state index in [0.29, 0.717) is 0 Å². The zero-order valence-electron chi connectivity index (χ0n) is 10.8. The summed E-state index contributed by atoms with van der Waals surface area (Å²) in [6, 6.07) is 8.54. The molecule has 1 atom stereocenters. The van der Waals surface area contributed by atoms with E-state index in [1.807, 2.05) is 0 Å². The average Bonchev–Trinajstić information content (AvgIpc) is 2.27. The van der Waals surface area contributed by atoms with E-state index in [9.17, 15) is 0 Å². The summed E-state index contributed by atoms with van der Waals surface area (Å²) in [7, 11) is 1.75. The molecule has 0 heterocycles.